The van der Waals surface area contributed by atoms with Gasteiger partial charge < -0.3 is 163 Å². The molecule has 12 rings (SSSR count). The summed E-state index contributed by atoms with van der Waals surface area (Å²) in [6.45, 7) is 13.1. The predicted molar refractivity (Wildman–Crippen MR) is 367 cm³/mol. The molecular formula is C72H112O40S. The number of aliphatic carboxylic acids is 1. The van der Waals surface area contributed by atoms with E-state index in [1.54, 1.807) is 6.92 Å². The molecule has 5 aliphatic carbocycles. The number of carbonyl (C=O) groups excluding carboxylic acids is 3. The van der Waals surface area contributed by atoms with Crippen LogP contribution >= 0.6 is 0 Å². The smallest absolute Gasteiger partial charge is 0.397 e. The van der Waals surface area contributed by atoms with Crippen molar-refractivity contribution in [3.8, 4) is 0 Å². The molecular weight excluding hydrogens is 1540 g/mol. The van der Waals surface area contributed by atoms with Gasteiger partial charge in [-0.3, -0.25) is 14.1 Å². The molecule has 18 N–H and O–H groups in total. The number of ether oxygens (including phenoxy) is 15. The van der Waals surface area contributed by atoms with E-state index in [1.165, 1.54) is 13.8 Å². The number of carbonyl (C=O) groups is 4. The van der Waals surface area contributed by atoms with Crippen LogP contribution in [0.15, 0.2) is 11.6 Å². The van der Waals surface area contributed by atoms with Crippen molar-refractivity contribution < 1.29 is 194 Å². The van der Waals surface area contributed by atoms with Crippen LogP contribution in [-0.4, -0.2) is 359 Å². The monoisotopic (exact) mass is 1650 g/mol. The molecule has 0 amide bonds. The first-order valence-electron chi connectivity index (χ1n) is 38.5. The molecule has 41 heteroatoms. The van der Waals surface area contributed by atoms with Gasteiger partial charge in [-0.05, 0) is 117 Å². The maximum atomic E-state index is 16.1. The van der Waals surface area contributed by atoms with Crippen LogP contribution in [0.1, 0.15) is 127 Å². The summed E-state index contributed by atoms with van der Waals surface area (Å²) in [5, 5.41) is 186. The minimum atomic E-state index is -5.46. The number of hydrogen-bond donors (Lipinski definition) is 18. The molecule has 0 aromatic rings. The van der Waals surface area contributed by atoms with Crippen LogP contribution in [0, 0.1) is 50.2 Å². The Labute approximate surface area is 650 Å². The third kappa shape index (κ3) is 16.2. The van der Waals surface area contributed by atoms with E-state index in [0.717, 1.165) is 18.8 Å². The average molecular weight is 1650 g/mol. The van der Waals surface area contributed by atoms with Gasteiger partial charge >= 0.3 is 28.3 Å². The average Bonchev–Trinajstić information content (AvgIpc) is 0.673. The Balaban J connectivity index is 0.826. The number of hydrogen-bond acceptors (Lipinski definition) is 38. The molecule has 0 unspecified atom stereocenters. The molecule has 42 atom stereocenters. The molecule has 0 aromatic heterocycles. The zero-order valence-corrected chi connectivity index (χ0v) is 64.7. The molecule has 113 heavy (non-hydrogen) atoms. The molecule has 11 fully saturated rings. The van der Waals surface area contributed by atoms with Gasteiger partial charge in [-0.1, -0.05) is 53.2 Å². The van der Waals surface area contributed by atoms with Crippen molar-refractivity contribution in [2.45, 2.75) is 335 Å². The fourth-order valence-electron chi connectivity index (χ4n) is 20.7. The van der Waals surface area contributed by atoms with E-state index in [0.29, 0.717) is 51.4 Å². The van der Waals surface area contributed by atoms with Crippen molar-refractivity contribution in [1.29, 1.82) is 0 Å². The van der Waals surface area contributed by atoms with E-state index in [9.17, 15) is 114 Å². The fraction of sp³-hybridized carbons (Fsp3) is 0.917. The first-order chi connectivity index (χ1) is 52.8. The van der Waals surface area contributed by atoms with Crippen LogP contribution in [0.2, 0.25) is 0 Å². The fourth-order valence-corrected chi connectivity index (χ4v) is 21.2. The van der Waals surface area contributed by atoms with Crippen LogP contribution in [0.5, 0.6) is 0 Å². The number of aliphatic hydroxyl groups is 16. The van der Waals surface area contributed by atoms with Gasteiger partial charge in [-0.15, -0.1) is 0 Å². The summed E-state index contributed by atoms with van der Waals surface area (Å²) in [4.78, 5) is 56.6. The minimum absolute atomic E-state index is 0.102. The van der Waals surface area contributed by atoms with Crippen LogP contribution in [0.3, 0.4) is 0 Å². The van der Waals surface area contributed by atoms with Crippen LogP contribution in [0.4, 0.5) is 0 Å². The summed E-state index contributed by atoms with van der Waals surface area (Å²) in [7, 11) is -5.46. The number of aliphatic hydroxyl groups excluding tert-OH is 16. The highest BCUT2D eigenvalue weighted by atomic mass is 32.3. The lowest BCUT2D eigenvalue weighted by Crippen LogP contribution is -2.69. The summed E-state index contributed by atoms with van der Waals surface area (Å²) in [6, 6.07) is 0. The lowest BCUT2D eigenvalue weighted by atomic mass is 9.33. The summed E-state index contributed by atoms with van der Waals surface area (Å²) in [5.41, 5.74) is -4.01. The van der Waals surface area contributed by atoms with Gasteiger partial charge in [0.15, 0.2) is 56.1 Å². The molecule has 7 heterocycles. The molecule has 7 saturated heterocycles. The quantitative estimate of drug-likeness (QED) is 0.0168. The Kier molecular flexibility index (Phi) is 26.3. The molecule has 4 saturated carbocycles. The van der Waals surface area contributed by atoms with E-state index in [4.69, 9.17) is 71.1 Å². The van der Waals surface area contributed by atoms with Crippen molar-refractivity contribution in [2.75, 3.05) is 26.4 Å². The molecule has 7 aliphatic heterocycles. The van der Waals surface area contributed by atoms with Gasteiger partial charge in [0.1, 0.15) is 134 Å². The molecule has 646 valence electrons. The van der Waals surface area contributed by atoms with Crippen molar-refractivity contribution in [3.05, 3.63) is 11.6 Å². The van der Waals surface area contributed by atoms with E-state index in [1.807, 2.05) is 0 Å². The van der Waals surface area contributed by atoms with Crippen molar-refractivity contribution in [2.24, 2.45) is 50.2 Å². The number of aldehydes is 1. The zero-order chi connectivity index (χ0) is 82.8. The molecule has 0 aromatic carbocycles. The Hall–Kier alpha value is -3.47. The van der Waals surface area contributed by atoms with Gasteiger partial charge in [0.05, 0.1) is 55.6 Å². The Bertz CT molecular complexity index is 3500. The topological polar surface area (TPSA) is 614 Å². The third-order valence-electron chi connectivity index (χ3n) is 27.3. The van der Waals surface area contributed by atoms with Gasteiger partial charge in [0.2, 0.25) is 6.29 Å². The molecule has 40 nitrogen and oxygen atoms in total. The molecule has 0 spiro atoms. The summed E-state index contributed by atoms with van der Waals surface area (Å²) in [5.74, 6) is -4.63. The maximum Gasteiger partial charge on any atom is 0.397 e. The number of allylic oxidation sites excluding steroid dienone is 2. The van der Waals surface area contributed by atoms with Gasteiger partial charge in [-0.25, -0.2) is 8.98 Å². The Morgan fingerprint density at radius 3 is 1.62 bits per heavy atom. The van der Waals surface area contributed by atoms with E-state index in [-0.39, 0.29) is 24.2 Å². The largest absolute Gasteiger partial charge is 0.479 e. The van der Waals surface area contributed by atoms with E-state index in [2.05, 4.69) is 44.9 Å². The van der Waals surface area contributed by atoms with Gasteiger partial charge in [0.25, 0.3) is 0 Å². The number of carboxylic acid groups (broad SMARTS) is 1. The molecule has 12 aliphatic rings. The van der Waals surface area contributed by atoms with Crippen LogP contribution < -0.4 is 0 Å². The number of esters is 2. The summed E-state index contributed by atoms with van der Waals surface area (Å²) < 4.78 is 129. The minimum Gasteiger partial charge on any atom is -0.479 e. The SMILES string of the molecule is CC(=O)O[C@H]1[C@@H](O)[C@@H](C)O[C@@H](OC(=O)[C@]23CCC(C)(C)C[C@H]2C2=CC[C@@H]4[C@@]5(C)CC[C@H](O[C@@H]6O[C@H](C(=O)O)[C@@H](O)[C@H](O[C@@H]7OC[C@H](O)[C@H](O)[C@H]7O)[C@H]6O[C@@H]6O[C@H](CO)[C@H](O)[C@H](O)[C@H]6O)[C@@](C)(C=O)[C@@H]5CC[C@@]4(C)[C@]2(C)CC3)[C@@H]1O[C@@H]1O[C@@H](C)[C@H](O[C@@H]2OC[C@@H](O)[C@H](O)[C@H]2O)[C@@H](O[C@@H]2O[C@H](CO)[C@@H](O)[C@H](OS(=O)(=O)O)[C@H]2O)[C@H]1O. The van der Waals surface area contributed by atoms with Crippen molar-refractivity contribution in [3.63, 3.8) is 0 Å². The van der Waals surface area contributed by atoms with Gasteiger partial charge in [0, 0.05) is 6.92 Å². The molecule has 0 radical (unpaired) electrons. The second-order valence-corrected chi connectivity index (χ2v) is 35.6. The molecule has 0 bridgehead atoms. The van der Waals surface area contributed by atoms with Crippen LogP contribution in [-0.2, 0) is 105 Å². The van der Waals surface area contributed by atoms with Crippen molar-refractivity contribution >= 4 is 34.6 Å². The summed E-state index contributed by atoms with van der Waals surface area (Å²) >= 11 is 0. The first kappa shape index (κ1) is 88.8. The standard InChI is InChI=1S/C72H112O40S/c1-26-38(79)52(101-28(3)76)56(110-62-49(90)54(50(27(2)100-62)105-59-44(85)39(80)31(77)23-97-59)107-63-48(89)51(112-113(94,95)96)42(83)34(22-74)103-63)64(99-26)111-66(93)72-18-16-67(4,5)20-30(72)29-10-11-36-68(6)14-13-37(69(7,25-75)35(68)12-15-71(36,9)70(29,8)17-19-72)104-65-57(109-61-46(87)43(84)41(82)33(21-73)102-61)53(47(88)55(108-65)58(91)92)106-60-45(86)40(81)32(78)24-98-60/h10,25-27,30-57,59-65,73-74,77-90H,11-24H2,1-9H3,(H,91,92)(H,94,95,96)/t26-,27+,30+,31-,32+,33-,34-,35-,36-,37+,38+,39+,40+,41+,42-,43+,44-,45-,46-,47+,48-,49-,50+,51+,52+,53+,54+,55+,56-,57-,59+,60+,61+,62+,63+,64+,65-,68+,69+,70-,71-,72+/m1/s1. The van der Waals surface area contributed by atoms with E-state index >= 15 is 4.79 Å². The highest BCUT2D eigenvalue weighted by Crippen LogP contribution is 2.76. The van der Waals surface area contributed by atoms with Crippen LogP contribution in [0.25, 0.3) is 0 Å². The highest BCUT2D eigenvalue weighted by Gasteiger charge is 2.72. The number of fused-ring (bicyclic) bond motifs is 7. The maximum absolute atomic E-state index is 16.1. The Morgan fingerprint density at radius 1 is 0.513 bits per heavy atom. The first-order valence-corrected chi connectivity index (χ1v) is 39.8. The number of rotatable bonds is 21. The highest BCUT2D eigenvalue weighted by molar-refractivity contribution is 7.80. The lowest BCUT2D eigenvalue weighted by molar-refractivity contribution is -0.394. The predicted octanol–water partition coefficient (Wildman–Crippen LogP) is -5.56. The second-order valence-electron chi connectivity index (χ2n) is 34.5. The summed E-state index contributed by atoms with van der Waals surface area (Å²) in [6.07, 6.45) is -57.9. The second kappa shape index (κ2) is 33.5. The zero-order valence-electron chi connectivity index (χ0n) is 63.9. The van der Waals surface area contributed by atoms with Gasteiger partial charge in [-0.2, -0.15) is 8.42 Å². The number of carboxylic acids is 1. The lowest BCUT2D eigenvalue weighted by Gasteiger charge is -2.71. The van der Waals surface area contributed by atoms with E-state index < -0.39 is 302 Å². The Morgan fingerprint density at radius 2 is 1.04 bits per heavy atom. The van der Waals surface area contributed by atoms with Crippen molar-refractivity contribution in [1.82, 2.24) is 0 Å². The third-order valence-corrected chi connectivity index (χ3v) is 27.8. The normalized spacial score (nSPS) is 52.1.